The lowest BCUT2D eigenvalue weighted by Crippen LogP contribution is -2.17. The van der Waals surface area contributed by atoms with Crippen LogP contribution in [0.4, 0.5) is 8.78 Å². The molecule has 0 radical (unpaired) electrons. The Hall–Kier alpha value is -1.79. The Balaban J connectivity index is 2.30. The highest BCUT2D eigenvalue weighted by atomic mass is 35.5. The Morgan fingerprint density at radius 1 is 1.10 bits per heavy atom. The minimum absolute atomic E-state index is 0.133. The second-order valence-electron chi connectivity index (χ2n) is 4.26. The van der Waals surface area contributed by atoms with E-state index in [9.17, 15) is 22.0 Å². The van der Waals surface area contributed by atoms with Crippen LogP contribution in [0.5, 0.6) is 0 Å². The number of carbonyl (C=O) groups excluding carboxylic acids is 1. The van der Waals surface area contributed by atoms with E-state index in [1.807, 2.05) is 0 Å². The summed E-state index contributed by atoms with van der Waals surface area (Å²) in [7, 11) is -3.95. The van der Waals surface area contributed by atoms with Crippen molar-refractivity contribution in [3.05, 3.63) is 64.7 Å². The summed E-state index contributed by atoms with van der Waals surface area (Å²) in [6.45, 7) is 0. The summed E-state index contributed by atoms with van der Waals surface area (Å²) in [6, 6.07) is 7.74. The molecule has 0 fully saturated rings. The quantitative estimate of drug-likeness (QED) is 0.808. The molecule has 0 aliphatic carbocycles. The van der Waals surface area contributed by atoms with E-state index in [4.69, 9.17) is 11.6 Å². The van der Waals surface area contributed by atoms with E-state index in [1.165, 1.54) is 24.3 Å². The van der Waals surface area contributed by atoms with Gasteiger partial charge < -0.3 is 0 Å². The van der Waals surface area contributed by atoms with Crippen LogP contribution in [-0.2, 0) is 9.84 Å². The molecule has 0 saturated heterocycles. The van der Waals surface area contributed by atoms with Gasteiger partial charge in [-0.25, -0.2) is 17.2 Å². The van der Waals surface area contributed by atoms with Crippen LogP contribution in [0.25, 0.3) is 0 Å². The number of benzene rings is 2. The van der Waals surface area contributed by atoms with Gasteiger partial charge in [-0.2, -0.15) is 0 Å². The first-order chi connectivity index (χ1) is 9.79. The standard InChI is InChI=1S/C14H9ClF2O3S/c15-9-2-1-3-11(6-9)21(19,20)8-14(18)12-5-4-10(16)7-13(12)17/h1-7H,8H2. The highest BCUT2D eigenvalue weighted by Crippen LogP contribution is 2.18. The lowest BCUT2D eigenvalue weighted by molar-refractivity contribution is 0.101. The first-order valence-electron chi connectivity index (χ1n) is 5.76. The van der Waals surface area contributed by atoms with Crippen molar-refractivity contribution >= 4 is 27.2 Å². The molecule has 2 aromatic carbocycles. The molecule has 0 unspecified atom stereocenters. The molecule has 0 atom stereocenters. The zero-order valence-electron chi connectivity index (χ0n) is 10.5. The number of ketones is 1. The van der Waals surface area contributed by atoms with Crippen molar-refractivity contribution in [2.24, 2.45) is 0 Å². The molecule has 0 spiro atoms. The van der Waals surface area contributed by atoms with Gasteiger partial charge in [-0.1, -0.05) is 17.7 Å². The SMILES string of the molecule is O=C(CS(=O)(=O)c1cccc(Cl)c1)c1ccc(F)cc1F. The predicted octanol–water partition coefficient (Wildman–Crippen LogP) is 3.27. The van der Waals surface area contributed by atoms with Crippen molar-refractivity contribution < 1.29 is 22.0 Å². The third-order valence-corrected chi connectivity index (χ3v) is 4.56. The molecule has 110 valence electrons. The lowest BCUT2D eigenvalue weighted by Gasteiger charge is -2.05. The zero-order valence-corrected chi connectivity index (χ0v) is 12.1. The summed E-state index contributed by atoms with van der Waals surface area (Å²) in [5.41, 5.74) is -0.470. The maximum Gasteiger partial charge on any atom is 0.185 e. The normalized spacial score (nSPS) is 11.4. The fraction of sp³-hybridized carbons (Fsp3) is 0.0714. The van der Waals surface area contributed by atoms with Crippen molar-refractivity contribution in [3.8, 4) is 0 Å². The molecular formula is C14H9ClF2O3S. The van der Waals surface area contributed by atoms with Crippen molar-refractivity contribution in [1.82, 2.24) is 0 Å². The highest BCUT2D eigenvalue weighted by molar-refractivity contribution is 7.92. The van der Waals surface area contributed by atoms with Crippen molar-refractivity contribution in [1.29, 1.82) is 0 Å². The molecule has 0 aliphatic heterocycles. The fourth-order valence-corrected chi connectivity index (χ4v) is 3.22. The molecule has 0 saturated carbocycles. The van der Waals surface area contributed by atoms with E-state index in [0.29, 0.717) is 6.07 Å². The van der Waals surface area contributed by atoms with E-state index in [-0.39, 0.29) is 9.92 Å². The van der Waals surface area contributed by atoms with Crippen LogP contribution >= 0.6 is 11.6 Å². The van der Waals surface area contributed by atoms with Gasteiger partial charge in [0, 0.05) is 11.1 Å². The van der Waals surface area contributed by atoms with Crippen LogP contribution in [-0.4, -0.2) is 20.0 Å². The second kappa shape index (κ2) is 5.91. The smallest absolute Gasteiger partial charge is 0.185 e. The topological polar surface area (TPSA) is 51.2 Å². The van der Waals surface area contributed by atoms with Gasteiger partial charge >= 0.3 is 0 Å². The number of halogens is 3. The average molecular weight is 331 g/mol. The fourth-order valence-electron chi connectivity index (χ4n) is 1.71. The van der Waals surface area contributed by atoms with E-state index in [0.717, 1.165) is 12.1 Å². The van der Waals surface area contributed by atoms with E-state index < -0.39 is 38.6 Å². The van der Waals surface area contributed by atoms with Gasteiger partial charge in [0.15, 0.2) is 15.6 Å². The molecule has 0 bridgehead atoms. The number of carbonyl (C=O) groups is 1. The minimum Gasteiger partial charge on any atom is -0.293 e. The summed E-state index contributed by atoms with van der Waals surface area (Å²) in [4.78, 5) is 11.7. The molecule has 2 rings (SSSR count). The van der Waals surface area contributed by atoms with Gasteiger partial charge in [-0.15, -0.1) is 0 Å². The van der Waals surface area contributed by atoms with Crippen molar-refractivity contribution in [2.75, 3.05) is 5.75 Å². The summed E-state index contributed by atoms with van der Waals surface area (Å²) in [5.74, 6) is -3.81. The van der Waals surface area contributed by atoms with Gasteiger partial charge in [0.2, 0.25) is 0 Å². The van der Waals surface area contributed by atoms with Crippen LogP contribution in [0.15, 0.2) is 47.4 Å². The van der Waals surface area contributed by atoms with Crippen LogP contribution in [0, 0.1) is 11.6 Å². The second-order valence-corrected chi connectivity index (χ2v) is 6.69. The van der Waals surface area contributed by atoms with Gasteiger partial charge in [0.25, 0.3) is 0 Å². The lowest BCUT2D eigenvalue weighted by atomic mass is 10.1. The maximum absolute atomic E-state index is 13.5. The number of rotatable bonds is 4. The first kappa shape index (κ1) is 15.6. The van der Waals surface area contributed by atoms with Crippen molar-refractivity contribution in [3.63, 3.8) is 0 Å². The van der Waals surface area contributed by atoms with Crippen LogP contribution < -0.4 is 0 Å². The van der Waals surface area contributed by atoms with E-state index >= 15 is 0 Å². The molecule has 3 nitrogen and oxygen atoms in total. The Bertz CT molecular complexity index is 804. The molecule has 0 aromatic heterocycles. The minimum atomic E-state index is -3.95. The molecule has 7 heteroatoms. The largest absolute Gasteiger partial charge is 0.293 e. The monoisotopic (exact) mass is 330 g/mol. The van der Waals surface area contributed by atoms with Gasteiger partial charge in [-0.3, -0.25) is 4.79 Å². The molecule has 2 aromatic rings. The molecular weight excluding hydrogens is 322 g/mol. The number of hydrogen-bond donors (Lipinski definition) is 0. The molecule has 0 N–H and O–H groups in total. The van der Waals surface area contributed by atoms with Gasteiger partial charge in [0.1, 0.15) is 17.4 Å². The van der Waals surface area contributed by atoms with Crippen LogP contribution in [0.3, 0.4) is 0 Å². The van der Waals surface area contributed by atoms with Crippen LogP contribution in [0.1, 0.15) is 10.4 Å². The maximum atomic E-state index is 13.5. The highest BCUT2D eigenvalue weighted by Gasteiger charge is 2.22. The zero-order chi connectivity index (χ0) is 15.6. The molecule has 0 aliphatic rings. The van der Waals surface area contributed by atoms with Gasteiger partial charge in [0.05, 0.1) is 10.5 Å². The first-order valence-corrected chi connectivity index (χ1v) is 7.79. The molecule has 0 heterocycles. The number of Topliss-reactive ketones (excluding diaryl/α,β-unsaturated/α-hetero) is 1. The summed E-state index contributed by atoms with van der Waals surface area (Å²) in [5, 5.41) is 0.205. The Kier molecular flexibility index (Phi) is 4.39. The Morgan fingerprint density at radius 2 is 1.81 bits per heavy atom. The van der Waals surface area contributed by atoms with Crippen LogP contribution in [0.2, 0.25) is 5.02 Å². The predicted molar refractivity (Wildman–Crippen MR) is 74.2 cm³/mol. The molecule has 21 heavy (non-hydrogen) atoms. The van der Waals surface area contributed by atoms with E-state index in [1.54, 1.807) is 0 Å². The summed E-state index contributed by atoms with van der Waals surface area (Å²) >= 11 is 5.70. The van der Waals surface area contributed by atoms with Crippen molar-refractivity contribution in [2.45, 2.75) is 4.90 Å². The Labute approximate surface area is 125 Å². The van der Waals surface area contributed by atoms with E-state index in [2.05, 4.69) is 0 Å². The summed E-state index contributed by atoms with van der Waals surface area (Å²) < 4.78 is 50.4. The summed E-state index contributed by atoms with van der Waals surface area (Å²) in [6.07, 6.45) is 0. The third-order valence-electron chi connectivity index (χ3n) is 2.71. The average Bonchev–Trinajstić information content (AvgIpc) is 2.37. The number of sulfone groups is 1. The Morgan fingerprint density at radius 3 is 2.43 bits per heavy atom. The molecule has 0 amide bonds. The third kappa shape index (κ3) is 3.65. The number of hydrogen-bond acceptors (Lipinski definition) is 3. The van der Waals surface area contributed by atoms with Gasteiger partial charge in [-0.05, 0) is 30.3 Å².